The lowest BCUT2D eigenvalue weighted by Gasteiger charge is -2.22. The Bertz CT molecular complexity index is 674. The first-order valence-electron chi connectivity index (χ1n) is 7.93. The number of carbonyl (C=O) groups excluding carboxylic acids is 2. The van der Waals surface area contributed by atoms with Gasteiger partial charge in [0.25, 0.3) is 5.91 Å². The molecule has 0 bridgehead atoms. The summed E-state index contributed by atoms with van der Waals surface area (Å²) < 4.78 is 10.9. The molecule has 0 saturated heterocycles. The molecule has 0 spiro atoms. The van der Waals surface area contributed by atoms with E-state index in [1.54, 1.807) is 24.3 Å². The summed E-state index contributed by atoms with van der Waals surface area (Å²) in [6.45, 7) is 3.41. The SMILES string of the molecule is CCOCCCN(CC(=O)Nc1ccon1)C(=O)c1ccc(Br)cc1. The fourth-order valence-corrected chi connectivity index (χ4v) is 2.43. The molecule has 0 aliphatic heterocycles. The van der Waals surface area contributed by atoms with Crippen LogP contribution in [0.25, 0.3) is 0 Å². The smallest absolute Gasteiger partial charge is 0.254 e. The first-order chi connectivity index (χ1) is 12.1. The normalized spacial score (nSPS) is 10.5. The second kappa shape index (κ2) is 9.95. The van der Waals surface area contributed by atoms with Gasteiger partial charge in [0.05, 0.1) is 0 Å². The largest absolute Gasteiger partial charge is 0.382 e. The van der Waals surface area contributed by atoms with Gasteiger partial charge in [-0.3, -0.25) is 9.59 Å². The maximum atomic E-state index is 12.7. The molecule has 0 atom stereocenters. The maximum Gasteiger partial charge on any atom is 0.254 e. The monoisotopic (exact) mass is 409 g/mol. The fraction of sp³-hybridized carbons (Fsp3) is 0.353. The van der Waals surface area contributed by atoms with E-state index in [1.807, 2.05) is 6.92 Å². The van der Waals surface area contributed by atoms with E-state index in [4.69, 9.17) is 4.74 Å². The van der Waals surface area contributed by atoms with Crippen molar-refractivity contribution < 1.29 is 18.8 Å². The lowest BCUT2D eigenvalue weighted by molar-refractivity contribution is -0.117. The number of aromatic nitrogens is 1. The topological polar surface area (TPSA) is 84.7 Å². The van der Waals surface area contributed by atoms with Crippen molar-refractivity contribution in [3.63, 3.8) is 0 Å². The standard InChI is InChI=1S/C17H20BrN3O4/c1-2-24-10-3-9-21(12-16(22)19-15-8-11-25-20-15)17(23)13-4-6-14(18)7-5-13/h4-8,11H,2-3,9-10,12H2,1H3,(H,19,20,22). The molecular weight excluding hydrogens is 390 g/mol. The quantitative estimate of drug-likeness (QED) is 0.643. The number of nitrogens with one attached hydrogen (secondary N) is 1. The predicted octanol–water partition coefficient (Wildman–Crippen LogP) is 2.94. The molecule has 0 saturated carbocycles. The highest BCUT2D eigenvalue weighted by Crippen LogP contribution is 2.13. The van der Waals surface area contributed by atoms with E-state index in [0.717, 1.165) is 4.47 Å². The Kier molecular flexibility index (Phi) is 7.62. The minimum atomic E-state index is -0.337. The lowest BCUT2D eigenvalue weighted by atomic mass is 10.2. The van der Waals surface area contributed by atoms with Gasteiger partial charge >= 0.3 is 0 Å². The molecule has 25 heavy (non-hydrogen) atoms. The van der Waals surface area contributed by atoms with Gasteiger partial charge in [0.1, 0.15) is 12.8 Å². The Labute approximate surface area is 154 Å². The molecule has 1 N–H and O–H groups in total. The van der Waals surface area contributed by atoms with Crippen LogP contribution < -0.4 is 5.32 Å². The van der Waals surface area contributed by atoms with E-state index in [9.17, 15) is 9.59 Å². The van der Waals surface area contributed by atoms with Crippen LogP contribution in [0.4, 0.5) is 5.82 Å². The fourth-order valence-electron chi connectivity index (χ4n) is 2.16. The molecule has 1 aromatic heterocycles. The predicted molar refractivity (Wildman–Crippen MR) is 96.3 cm³/mol. The summed E-state index contributed by atoms with van der Waals surface area (Å²) in [6.07, 6.45) is 2.01. The van der Waals surface area contributed by atoms with Gasteiger partial charge in [0.2, 0.25) is 5.91 Å². The van der Waals surface area contributed by atoms with Gasteiger partial charge in [-0.25, -0.2) is 0 Å². The van der Waals surface area contributed by atoms with E-state index in [1.165, 1.54) is 17.2 Å². The van der Waals surface area contributed by atoms with E-state index in [-0.39, 0.29) is 18.4 Å². The zero-order valence-corrected chi connectivity index (χ0v) is 15.5. The average molecular weight is 410 g/mol. The third-order valence-electron chi connectivity index (χ3n) is 3.34. The van der Waals surface area contributed by atoms with Crippen LogP contribution in [-0.4, -0.2) is 48.2 Å². The minimum Gasteiger partial charge on any atom is -0.382 e. The molecule has 0 fully saturated rings. The molecule has 2 amide bonds. The molecule has 0 unspecified atom stereocenters. The van der Waals surface area contributed by atoms with Crippen molar-refractivity contribution in [3.8, 4) is 0 Å². The number of anilines is 1. The summed E-state index contributed by atoms with van der Waals surface area (Å²) in [7, 11) is 0. The first-order valence-corrected chi connectivity index (χ1v) is 8.72. The van der Waals surface area contributed by atoms with Gasteiger partial charge in [-0.05, 0) is 37.6 Å². The molecular formula is C17H20BrN3O4. The van der Waals surface area contributed by atoms with Gasteiger partial charge < -0.3 is 19.5 Å². The van der Waals surface area contributed by atoms with Crippen LogP contribution in [-0.2, 0) is 9.53 Å². The molecule has 8 heteroatoms. The van der Waals surface area contributed by atoms with Crippen LogP contribution in [0, 0.1) is 0 Å². The number of hydrogen-bond donors (Lipinski definition) is 1. The highest BCUT2D eigenvalue weighted by atomic mass is 79.9. The zero-order valence-electron chi connectivity index (χ0n) is 13.9. The Hall–Kier alpha value is -2.19. The summed E-state index contributed by atoms with van der Waals surface area (Å²) in [4.78, 5) is 26.4. The molecule has 0 aliphatic rings. The van der Waals surface area contributed by atoms with Gasteiger partial charge in [-0.2, -0.15) is 0 Å². The number of ether oxygens (including phenoxy) is 1. The number of nitrogens with zero attached hydrogens (tertiary/aromatic N) is 2. The van der Waals surface area contributed by atoms with Crippen LogP contribution in [0.3, 0.4) is 0 Å². The number of hydrogen-bond acceptors (Lipinski definition) is 5. The molecule has 1 aromatic carbocycles. The van der Waals surface area contributed by atoms with Crippen molar-refractivity contribution in [2.45, 2.75) is 13.3 Å². The van der Waals surface area contributed by atoms with Gasteiger partial charge in [0, 0.05) is 35.9 Å². The second-order valence-corrected chi connectivity index (χ2v) is 6.13. The molecule has 2 aromatic rings. The van der Waals surface area contributed by atoms with Crippen LogP contribution in [0.2, 0.25) is 0 Å². The average Bonchev–Trinajstić information content (AvgIpc) is 3.10. The summed E-state index contributed by atoms with van der Waals surface area (Å²) in [5, 5.41) is 6.22. The molecule has 7 nitrogen and oxygen atoms in total. The van der Waals surface area contributed by atoms with Gasteiger partial charge in [0.15, 0.2) is 5.82 Å². The number of halogens is 1. The number of benzene rings is 1. The minimum absolute atomic E-state index is 0.0755. The van der Waals surface area contributed by atoms with Crippen LogP contribution in [0.1, 0.15) is 23.7 Å². The van der Waals surface area contributed by atoms with Crippen LogP contribution in [0.15, 0.2) is 45.6 Å². The third-order valence-corrected chi connectivity index (χ3v) is 3.87. The number of amides is 2. The Morgan fingerprint density at radius 3 is 2.68 bits per heavy atom. The Morgan fingerprint density at radius 2 is 2.04 bits per heavy atom. The summed E-state index contributed by atoms with van der Waals surface area (Å²) in [5.41, 5.74) is 0.522. The van der Waals surface area contributed by atoms with Crippen molar-refractivity contribution in [2.75, 3.05) is 31.6 Å². The molecule has 134 valence electrons. The van der Waals surface area contributed by atoms with Gasteiger partial charge in [-0.1, -0.05) is 21.1 Å². The van der Waals surface area contributed by atoms with Crippen molar-refractivity contribution >= 4 is 33.6 Å². The highest BCUT2D eigenvalue weighted by Gasteiger charge is 2.19. The molecule has 2 rings (SSSR count). The van der Waals surface area contributed by atoms with Crippen molar-refractivity contribution in [1.29, 1.82) is 0 Å². The number of carbonyl (C=O) groups is 2. The van der Waals surface area contributed by atoms with Crippen molar-refractivity contribution in [2.24, 2.45) is 0 Å². The summed E-state index contributed by atoms with van der Waals surface area (Å²) in [6, 6.07) is 8.56. The molecule has 0 aliphatic carbocycles. The van der Waals surface area contributed by atoms with E-state index in [0.29, 0.717) is 37.6 Å². The van der Waals surface area contributed by atoms with Crippen LogP contribution in [0.5, 0.6) is 0 Å². The first kappa shape index (κ1) is 19.1. The lowest BCUT2D eigenvalue weighted by Crippen LogP contribution is -2.39. The Morgan fingerprint density at radius 1 is 1.28 bits per heavy atom. The Balaban J connectivity index is 2.01. The second-order valence-electron chi connectivity index (χ2n) is 5.22. The molecule has 0 radical (unpaired) electrons. The van der Waals surface area contributed by atoms with Gasteiger partial charge in [-0.15, -0.1) is 0 Å². The van der Waals surface area contributed by atoms with Crippen molar-refractivity contribution in [1.82, 2.24) is 10.1 Å². The van der Waals surface area contributed by atoms with E-state index >= 15 is 0 Å². The van der Waals surface area contributed by atoms with E-state index in [2.05, 4.69) is 30.9 Å². The van der Waals surface area contributed by atoms with Crippen molar-refractivity contribution in [3.05, 3.63) is 46.6 Å². The zero-order chi connectivity index (χ0) is 18.1. The summed E-state index contributed by atoms with van der Waals surface area (Å²) in [5.74, 6) is -0.231. The highest BCUT2D eigenvalue weighted by molar-refractivity contribution is 9.10. The summed E-state index contributed by atoms with van der Waals surface area (Å²) >= 11 is 3.34. The van der Waals surface area contributed by atoms with E-state index < -0.39 is 0 Å². The van der Waals surface area contributed by atoms with Crippen LogP contribution >= 0.6 is 15.9 Å². The maximum absolute atomic E-state index is 12.7. The molecule has 1 heterocycles. The third kappa shape index (κ3) is 6.32. The number of rotatable bonds is 9.